The molecule has 4 aliphatic rings. The molecule has 3 aliphatic carbocycles. The molecule has 0 saturated heterocycles. The number of benzene rings is 1. The molecule has 2 N–H and O–H groups in total. The number of amides is 1. The first kappa shape index (κ1) is 13.1. The maximum absolute atomic E-state index is 11.3. The van der Waals surface area contributed by atoms with Crippen LogP contribution >= 0.6 is 15.9 Å². The second kappa shape index (κ2) is 4.47. The van der Waals surface area contributed by atoms with Crippen LogP contribution in [0, 0.1) is 5.92 Å². The Morgan fingerprint density at radius 2 is 2.24 bits per heavy atom. The third-order valence-corrected chi connectivity index (χ3v) is 5.25. The highest BCUT2D eigenvalue weighted by atomic mass is 79.9. The zero-order chi connectivity index (χ0) is 14.6. The van der Waals surface area contributed by atoms with Gasteiger partial charge in [0.05, 0.1) is 16.9 Å². The SMILES string of the molecule is C/C(=N\NC12CC(C1)C2)c1cc2c(cc1Br)NC(=O)CO2. The lowest BCUT2D eigenvalue weighted by Gasteiger charge is -2.61. The van der Waals surface area contributed by atoms with E-state index in [0.29, 0.717) is 11.4 Å². The first-order valence-electron chi connectivity index (χ1n) is 7.13. The zero-order valence-corrected chi connectivity index (χ0v) is 13.3. The van der Waals surface area contributed by atoms with Crippen LogP contribution in [0.15, 0.2) is 21.7 Å². The van der Waals surface area contributed by atoms with Crippen LogP contribution in [0.2, 0.25) is 0 Å². The first-order chi connectivity index (χ1) is 10.0. The lowest BCUT2D eigenvalue weighted by Crippen LogP contribution is -2.65. The van der Waals surface area contributed by atoms with Crippen LogP contribution < -0.4 is 15.5 Å². The molecule has 21 heavy (non-hydrogen) atoms. The van der Waals surface area contributed by atoms with E-state index in [1.807, 2.05) is 19.1 Å². The Bertz CT molecular complexity index is 654. The number of anilines is 1. The summed E-state index contributed by atoms with van der Waals surface area (Å²) in [4.78, 5) is 11.3. The van der Waals surface area contributed by atoms with Crippen LogP contribution in [0.5, 0.6) is 5.75 Å². The Balaban J connectivity index is 1.58. The van der Waals surface area contributed by atoms with E-state index in [-0.39, 0.29) is 18.1 Å². The van der Waals surface area contributed by atoms with Gasteiger partial charge in [-0.05, 0) is 44.2 Å². The summed E-state index contributed by atoms with van der Waals surface area (Å²) in [7, 11) is 0. The van der Waals surface area contributed by atoms with Crippen molar-refractivity contribution in [1.29, 1.82) is 0 Å². The molecule has 5 nitrogen and oxygen atoms in total. The van der Waals surface area contributed by atoms with Crippen LogP contribution in [0.1, 0.15) is 31.7 Å². The number of carbonyl (C=O) groups is 1. The van der Waals surface area contributed by atoms with E-state index in [2.05, 4.69) is 31.8 Å². The summed E-state index contributed by atoms with van der Waals surface area (Å²) in [5.41, 5.74) is 6.19. The van der Waals surface area contributed by atoms with Gasteiger partial charge in [-0.25, -0.2) is 0 Å². The summed E-state index contributed by atoms with van der Waals surface area (Å²) >= 11 is 3.54. The number of carbonyl (C=O) groups excluding carboxylic acids is 1. The molecule has 3 fully saturated rings. The van der Waals surface area contributed by atoms with Crippen molar-refractivity contribution < 1.29 is 9.53 Å². The topological polar surface area (TPSA) is 62.7 Å². The quantitative estimate of drug-likeness (QED) is 0.651. The van der Waals surface area contributed by atoms with Gasteiger partial charge in [0, 0.05) is 10.0 Å². The van der Waals surface area contributed by atoms with Crippen molar-refractivity contribution in [3.8, 4) is 5.75 Å². The molecule has 6 heteroatoms. The van der Waals surface area contributed by atoms with E-state index in [1.165, 1.54) is 19.3 Å². The molecule has 0 spiro atoms. The zero-order valence-electron chi connectivity index (χ0n) is 11.7. The van der Waals surface area contributed by atoms with E-state index in [0.717, 1.165) is 21.7 Å². The van der Waals surface area contributed by atoms with E-state index < -0.39 is 0 Å². The molecule has 3 saturated carbocycles. The van der Waals surface area contributed by atoms with Crippen molar-refractivity contribution in [2.75, 3.05) is 11.9 Å². The molecule has 1 heterocycles. The smallest absolute Gasteiger partial charge is 0.262 e. The highest BCUT2D eigenvalue weighted by molar-refractivity contribution is 9.10. The second-order valence-electron chi connectivity index (χ2n) is 6.23. The van der Waals surface area contributed by atoms with Gasteiger partial charge >= 0.3 is 0 Å². The van der Waals surface area contributed by atoms with Gasteiger partial charge in [-0.3, -0.25) is 4.79 Å². The standard InChI is InChI=1S/C15H16BrN3O2/c1-8(18-19-15-4-9(5-15)6-15)10-2-13-12(3-11(10)16)17-14(20)7-21-13/h2-3,9,19H,4-7H2,1H3,(H,17,20)/b18-8+. The Hall–Kier alpha value is -1.56. The molecule has 5 rings (SSSR count). The highest BCUT2D eigenvalue weighted by Gasteiger charge is 2.56. The summed E-state index contributed by atoms with van der Waals surface area (Å²) in [5, 5.41) is 7.34. The largest absolute Gasteiger partial charge is 0.482 e. The van der Waals surface area contributed by atoms with Crippen LogP contribution in [0.3, 0.4) is 0 Å². The number of ether oxygens (including phenoxy) is 1. The van der Waals surface area contributed by atoms with Crippen molar-refractivity contribution in [2.45, 2.75) is 31.7 Å². The van der Waals surface area contributed by atoms with Gasteiger partial charge in [0.15, 0.2) is 6.61 Å². The van der Waals surface area contributed by atoms with Gasteiger partial charge in [-0.1, -0.05) is 15.9 Å². The molecular formula is C15H16BrN3O2. The Labute approximate surface area is 131 Å². The minimum absolute atomic E-state index is 0.0625. The predicted molar refractivity (Wildman–Crippen MR) is 83.7 cm³/mol. The van der Waals surface area contributed by atoms with Crippen molar-refractivity contribution in [3.05, 3.63) is 22.2 Å². The highest BCUT2D eigenvalue weighted by Crippen LogP contribution is 2.56. The van der Waals surface area contributed by atoms with E-state index >= 15 is 0 Å². The Morgan fingerprint density at radius 3 is 2.90 bits per heavy atom. The van der Waals surface area contributed by atoms with E-state index in [4.69, 9.17) is 4.74 Å². The second-order valence-corrected chi connectivity index (χ2v) is 7.09. The fourth-order valence-corrected chi connectivity index (χ4v) is 3.89. The first-order valence-corrected chi connectivity index (χ1v) is 7.92. The molecule has 1 aromatic rings. The molecule has 0 atom stereocenters. The number of hydrogen-bond donors (Lipinski definition) is 2. The van der Waals surface area contributed by atoms with Crippen molar-refractivity contribution in [1.82, 2.24) is 5.43 Å². The van der Waals surface area contributed by atoms with Crippen molar-refractivity contribution in [2.24, 2.45) is 11.0 Å². The molecule has 1 aromatic carbocycles. The summed E-state index contributed by atoms with van der Waals surface area (Å²) in [5.74, 6) is 1.49. The summed E-state index contributed by atoms with van der Waals surface area (Å²) < 4.78 is 6.35. The van der Waals surface area contributed by atoms with Crippen molar-refractivity contribution in [3.63, 3.8) is 0 Å². The van der Waals surface area contributed by atoms with Gasteiger partial charge < -0.3 is 15.5 Å². The molecule has 0 unspecified atom stereocenters. The van der Waals surface area contributed by atoms with Gasteiger partial charge in [0.2, 0.25) is 0 Å². The summed E-state index contributed by atoms with van der Waals surface area (Å²) in [6.45, 7) is 2.04. The summed E-state index contributed by atoms with van der Waals surface area (Å²) in [6.07, 6.45) is 3.76. The monoisotopic (exact) mass is 349 g/mol. The normalized spacial score (nSPS) is 29.5. The van der Waals surface area contributed by atoms with Crippen LogP contribution in [-0.2, 0) is 4.79 Å². The Kier molecular flexibility index (Phi) is 2.79. The number of nitrogens with zero attached hydrogens (tertiary/aromatic N) is 1. The van der Waals surface area contributed by atoms with Crippen LogP contribution in [0.25, 0.3) is 0 Å². The third-order valence-electron chi connectivity index (χ3n) is 4.59. The van der Waals surface area contributed by atoms with E-state index in [9.17, 15) is 4.79 Å². The van der Waals surface area contributed by atoms with E-state index in [1.54, 1.807) is 0 Å². The average Bonchev–Trinajstić information content (AvgIpc) is 2.34. The Morgan fingerprint density at radius 1 is 1.48 bits per heavy atom. The average molecular weight is 350 g/mol. The van der Waals surface area contributed by atoms with Crippen molar-refractivity contribution >= 4 is 33.2 Å². The molecular weight excluding hydrogens is 334 g/mol. The number of nitrogens with one attached hydrogen (secondary N) is 2. The van der Waals surface area contributed by atoms with Gasteiger partial charge in [0.1, 0.15) is 5.75 Å². The number of rotatable bonds is 3. The lowest BCUT2D eigenvalue weighted by molar-refractivity contribution is -0.118. The van der Waals surface area contributed by atoms with Gasteiger partial charge in [-0.2, -0.15) is 5.10 Å². The minimum atomic E-state index is -0.127. The van der Waals surface area contributed by atoms with Gasteiger partial charge in [-0.15, -0.1) is 0 Å². The molecule has 2 bridgehead atoms. The number of hydrazone groups is 1. The lowest BCUT2D eigenvalue weighted by atomic mass is 9.50. The minimum Gasteiger partial charge on any atom is -0.482 e. The fraction of sp³-hybridized carbons (Fsp3) is 0.467. The maximum Gasteiger partial charge on any atom is 0.262 e. The number of hydrogen-bond acceptors (Lipinski definition) is 4. The molecule has 0 radical (unpaired) electrons. The molecule has 1 aliphatic heterocycles. The molecule has 0 aromatic heterocycles. The summed E-state index contributed by atoms with van der Waals surface area (Å²) in [6, 6.07) is 3.78. The maximum atomic E-state index is 11.3. The van der Waals surface area contributed by atoms with Gasteiger partial charge in [0.25, 0.3) is 5.91 Å². The predicted octanol–water partition coefficient (Wildman–Crippen LogP) is 2.65. The third kappa shape index (κ3) is 2.12. The number of fused-ring (bicyclic) bond motifs is 1. The molecule has 1 amide bonds. The van der Waals surface area contributed by atoms with Crippen LogP contribution in [0.4, 0.5) is 5.69 Å². The number of halogens is 1. The van der Waals surface area contributed by atoms with Crippen LogP contribution in [-0.4, -0.2) is 23.8 Å². The molecule has 110 valence electrons. The fourth-order valence-electron chi connectivity index (χ4n) is 3.26.